The number of aryl methyl sites for hydroxylation is 1. The monoisotopic (exact) mass is 254 g/mol. The smallest absolute Gasteiger partial charge is 0.123 e. The van der Waals surface area contributed by atoms with Crippen molar-refractivity contribution in [3.8, 4) is 11.1 Å². The second-order valence-electron chi connectivity index (χ2n) is 4.70. The quantitative estimate of drug-likeness (QED) is 0.765. The van der Waals surface area contributed by atoms with Crippen LogP contribution in [-0.2, 0) is 0 Å². The van der Waals surface area contributed by atoms with E-state index >= 15 is 0 Å². The molecule has 1 heteroatoms. The van der Waals surface area contributed by atoms with Gasteiger partial charge in [-0.1, -0.05) is 37.3 Å². The van der Waals surface area contributed by atoms with Crippen LogP contribution in [0.25, 0.3) is 23.3 Å². The van der Waals surface area contributed by atoms with Crippen molar-refractivity contribution >= 4 is 12.2 Å². The molecule has 0 spiro atoms. The fourth-order valence-electron chi connectivity index (χ4n) is 2.30. The molecular weight excluding hydrogens is 235 g/mol. The minimum atomic E-state index is -0.188. The maximum Gasteiger partial charge on any atom is 0.123 e. The van der Waals surface area contributed by atoms with Crippen LogP contribution in [0.4, 0.5) is 4.39 Å². The van der Waals surface area contributed by atoms with Gasteiger partial charge in [-0.15, -0.1) is 0 Å². The summed E-state index contributed by atoms with van der Waals surface area (Å²) in [6.07, 6.45) is 5.32. The summed E-state index contributed by atoms with van der Waals surface area (Å²) < 4.78 is 13.4. The van der Waals surface area contributed by atoms with E-state index in [-0.39, 0.29) is 5.82 Å². The molecule has 0 heterocycles. The van der Waals surface area contributed by atoms with E-state index in [9.17, 15) is 4.39 Å². The first-order chi connectivity index (χ1) is 9.15. The first-order valence-electron chi connectivity index (χ1n) is 6.69. The predicted octanol–water partition coefficient (Wildman–Crippen LogP) is 3.79. The van der Waals surface area contributed by atoms with E-state index in [1.54, 1.807) is 6.07 Å². The average Bonchev–Trinajstić information content (AvgIpc) is 2.42. The minimum absolute atomic E-state index is 0.188. The van der Waals surface area contributed by atoms with Crippen molar-refractivity contribution < 1.29 is 4.39 Å². The maximum absolute atomic E-state index is 13.4. The van der Waals surface area contributed by atoms with E-state index in [1.165, 1.54) is 16.5 Å². The predicted molar refractivity (Wildman–Crippen MR) is 80.7 cm³/mol. The summed E-state index contributed by atoms with van der Waals surface area (Å²) in [5.41, 5.74) is 3.13. The highest BCUT2D eigenvalue weighted by atomic mass is 19.1. The van der Waals surface area contributed by atoms with Crippen LogP contribution >= 0.6 is 0 Å². The molecule has 0 aliphatic heterocycles. The van der Waals surface area contributed by atoms with Crippen molar-refractivity contribution in [2.45, 2.75) is 27.2 Å². The molecule has 0 nitrogen and oxygen atoms in total. The van der Waals surface area contributed by atoms with Gasteiger partial charge in [-0.05, 0) is 65.6 Å². The summed E-state index contributed by atoms with van der Waals surface area (Å²) in [7, 11) is 0. The molecular formula is C18H19F. The third kappa shape index (κ3) is 2.93. The van der Waals surface area contributed by atoms with Crippen molar-refractivity contribution in [1.29, 1.82) is 0 Å². The maximum atomic E-state index is 13.4. The molecule has 0 aliphatic rings. The van der Waals surface area contributed by atoms with Gasteiger partial charge in [0, 0.05) is 0 Å². The third-order valence-corrected chi connectivity index (χ3v) is 3.33. The summed E-state index contributed by atoms with van der Waals surface area (Å²) in [5, 5.41) is 2.44. The summed E-state index contributed by atoms with van der Waals surface area (Å²) in [6.45, 7) is 6.17. The first-order valence-corrected chi connectivity index (χ1v) is 6.69. The molecule has 0 fully saturated rings. The average molecular weight is 254 g/mol. The second-order valence-corrected chi connectivity index (χ2v) is 4.70. The molecule has 0 N–H and O–H groups in total. The molecule has 0 aliphatic carbocycles. The Hall–Kier alpha value is -1.89. The van der Waals surface area contributed by atoms with E-state index in [4.69, 9.17) is 0 Å². The van der Waals surface area contributed by atoms with Crippen LogP contribution in [0, 0.1) is 12.7 Å². The van der Waals surface area contributed by atoms with Gasteiger partial charge in [-0.3, -0.25) is 0 Å². The summed E-state index contributed by atoms with van der Waals surface area (Å²) >= 11 is 0. The van der Waals surface area contributed by atoms with E-state index < -0.39 is 0 Å². The van der Waals surface area contributed by atoms with Crippen molar-refractivity contribution in [3.05, 3.63) is 58.2 Å². The van der Waals surface area contributed by atoms with E-state index in [0.29, 0.717) is 0 Å². The van der Waals surface area contributed by atoms with Gasteiger partial charge in [0.05, 0.1) is 0 Å². The van der Waals surface area contributed by atoms with Gasteiger partial charge in [-0.2, -0.15) is 0 Å². The summed E-state index contributed by atoms with van der Waals surface area (Å²) in [6, 6.07) is 11.2. The molecule has 19 heavy (non-hydrogen) atoms. The van der Waals surface area contributed by atoms with Gasteiger partial charge in [0.15, 0.2) is 0 Å². The lowest BCUT2D eigenvalue weighted by Gasteiger charge is -2.06. The summed E-state index contributed by atoms with van der Waals surface area (Å²) in [5.74, 6) is -0.188. The fourth-order valence-corrected chi connectivity index (χ4v) is 2.30. The number of hydrogen-bond acceptors (Lipinski definition) is 0. The van der Waals surface area contributed by atoms with Crippen LogP contribution in [0.1, 0.15) is 25.8 Å². The van der Waals surface area contributed by atoms with Gasteiger partial charge in [0.1, 0.15) is 5.82 Å². The molecule has 2 rings (SSSR count). The Balaban J connectivity index is 2.65. The SMILES string of the molecule is C/C=c1/cc(-c2cc(F)ccc2C)cc/c1=C/CC. The van der Waals surface area contributed by atoms with E-state index in [1.807, 2.05) is 19.9 Å². The Morgan fingerprint density at radius 2 is 1.84 bits per heavy atom. The molecule has 0 atom stereocenters. The molecule has 0 saturated carbocycles. The van der Waals surface area contributed by atoms with Crippen LogP contribution in [0.15, 0.2) is 36.4 Å². The number of rotatable bonds is 2. The largest absolute Gasteiger partial charge is 0.207 e. The highest BCUT2D eigenvalue weighted by Crippen LogP contribution is 2.22. The minimum Gasteiger partial charge on any atom is -0.207 e. The van der Waals surface area contributed by atoms with Gasteiger partial charge >= 0.3 is 0 Å². The molecule has 0 bridgehead atoms. The highest BCUT2D eigenvalue weighted by Gasteiger charge is 2.03. The lowest BCUT2D eigenvalue weighted by Crippen LogP contribution is -2.23. The summed E-state index contributed by atoms with van der Waals surface area (Å²) in [4.78, 5) is 0. The van der Waals surface area contributed by atoms with Gasteiger partial charge in [0.2, 0.25) is 0 Å². The Kier molecular flexibility index (Phi) is 4.16. The Labute approximate surface area is 113 Å². The zero-order chi connectivity index (χ0) is 13.8. The molecule has 0 saturated heterocycles. The lowest BCUT2D eigenvalue weighted by molar-refractivity contribution is 0.628. The second kappa shape index (κ2) is 5.83. The molecule has 98 valence electrons. The zero-order valence-electron chi connectivity index (χ0n) is 11.7. The molecule has 2 aromatic rings. The van der Waals surface area contributed by atoms with Crippen molar-refractivity contribution in [2.24, 2.45) is 0 Å². The van der Waals surface area contributed by atoms with Crippen molar-refractivity contribution in [2.75, 3.05) is 0 Å². The van der Waals surface area contributed by atoms with Crippen LogP contribution in [0.3, 0.4) is 0 Å². The normalized spacial score (nSPS) is 13.1. The number of benzene rings is 2. The van der Waals surface area contributed by atoms with E-state index in [0.717, 1.165) is 23.1 Å². The topological polar surface area (TPSA) is 0 Å². The van der Waals surface area contributed by atoms with Gasteiger partial charge in [-0.25, -0.2) is 4.39 Å². The van der Waals surface area contributed by atoms with Crippen LogP contribution in [0.2, 0.25) is 0 Å². The number of halogens is 1. The van der Waals surface area contributed by atoms with Crippen LogP contribution < -0.4 is 10.4 Å². The van der Waals surface area contributed by atoms with Crippen molar-refractivity contribution in [3.63, 3.8) is 0 Å². The molecule has 0 radical (unpaired) electrons. The highest BCUT2D eigenvalue weighted by molar-refractivity contribution is 5.67. The molecule has 0 aromatic heterocycles. The zero-order valence-corrected chi connectivity index (χ0v) is 11.7. The Bertz CT molecular complexity index is 696. The molecule has 0 unspecified atom stereocenters. The van der Waals surface area contributed by atoms with Gasteiger partial charge < -0.3 is 0 Å². The fraction of sp³-hybridized carbons (Fsp3) is 0.222. The first kappa shape index (κ1) is 13.5. The Morgan fingerprint density at radius 3 is 2.53 bits per heavy atom. The lowest BCUT2D eigenvalue weighted by atomic mass is 9.99. The van der Waals surface area contributed by atoms with Crippen molar-refractivity contribution in [1.82, 2.24) is 0 Å². The number of hydrogen-bond donors (Lipinski definition) is 0. The van der Waals surface area contributed by atoms with Gasteiger partial charge in [0.25, 0.3) is 0 Å². The van der Waals surface area contributed by atoms with E-state index in [2.05, 4.69) is 37.3 Å². The molecule has 0 amide bonds. The van der Waals surface area contributed by atoms with Crippen LogP contribution in [0.5, 0.6) is 0 Å². The standard InChI is InChI=1S/C18H19F/c1-4-6-15-8-9-16(11-14(15)5-2)18-12-17(19)10-7-13(18)3/h5-12H,4H2,1-3H3/b14-5-,15-6-. The molecule has 2 aromatic carbocycles. The third-order valence-electron chi connectivity index (χ3n) is 3.33. The van der Waals surface area contributed by atoms with Crippen LogP contribution in [-0.4, -0.2) is 0 Å². The Morgan fingerprint density at radius 1 is 1.05 bits per heavy atom.